The summed E-state index contributed by atoms with van der Waals surface area (Å²) in [6.45, 7) is 2.39. The summed E-state index contributed by atoms with van der Waals surface area (Å²) < 4.78 is 4.10. The van der Waals surface area contributed by atoms with Crippen LogP contribution in [0.25, 0.3) is 11.2 Å². The molecule has 1 aromatic carbocycles. The number of nitrogens with zero attached hydrogens (tertiary/aromatic N) is 5. The maximum absolute atomic E-state index is 12.4. The smallest absolute Gasteiger partial charge is 0.303 e. The Morgan fingerprint density at radius 2 is 1.88 bits per heavy atom. The Balaban J connectivity index is 2.03. The number of hydrogen-bond acceptors (Lipinski definition) is 5. The molecule has 2 heterocycles. The van der Waals surface area contributed by atoms with Crippen molar-refractivity contribution in [3.05, 3.63) is 55.7 Å². The van der Waals surface area contributed by atoms with Crippen LogP contribution in [0.1, 0.15) is 12.5 Å². The number of fused-ring (bicyclic) bond motifs is 1. The normalized spacial score (nSPS) is 11.5. The summed E-state index contributed by atoms with van der Waals surface area (Å²) >= 11 is 5.85. The van der Waals surface area contributed by atoms with Crippen molar-refractivity contribution in [3.63, 3.8) is 0 Å². The second-order valence-corrected chi connectivity index (χ2v) is 5.92. The third kappa shape index (κ3) is 2.96. The van der Waals surface area contributed by atoms with Crippen molar-refractivity contribution in [1.29, 1.82) is 0 Å². The average molecular weight is 361 g/mol. The summed E-state index contributed by atoms with van der Waals surface area (Å²) in [5.41, 5.74) is 3.56. The van der Waals surface area contributed by atoms with Gasteiger partial charge in [0.25, 0.3) is 5.56 Å². The summed E-state index contributed by atoms with van der Waals surface area (Å²) in [5, 5.41) is 4.80. The second kappa shape index (κ2) is 6.56. The van der Waals surface area contributed by atoms with Crippen LogP contribution in [0, 0.1) is 0 Å². The van der Waals surface area contributed by atoms with Crippen molar-refractivity contribution >= 4 is 34.9 Å². The molecule has 0 radical (unpaired) electrons. The molecule has 0 amide bonds. The van der Waals surface area contributed by atoms with Crippen LogP contribution >= 0.6 is 11.6 Å². The number of hydrazone groups is 1. The molecule has 2 aromatic heterocycles. The summed E-state index contributed by atoms with van der Waals surface area (Å²) in [6.07, 6.45) is 1.62. The highest BCUT2D eigenvalue weighted by molar-refractivity contribution is 6.30. The van der Waals surface area contributed by atoms with Crippen LogP contribution in [0.3, 0.4) is 0 Å². The summed E-state index contributed by atoms with van der Waals surface area (Å²) in [7, 11) is 3.03. The average Bonchev–Trinajstić information content (AvgIpc) is 2.98. The summed E-state index contributed by atoms with van der Waals surface area (Å²) in [4.78, 5) is 28.8. The molecule has 0 saturated carbocycles. The number of aryl methyl sites for hydroxylation is 2. The monoisotopic (exact) mass is 360 g/mol. The number of imidazole rings is 1. The van der Waals surface area contributed by atoms with Gasteiger partial charge in [-0.1, -0.05) is 23.7 Å². The van der Waals surface area contributed by atoms with Gasteiger partial charge in [-0.2, -0.15) is 10.1 Å². The minimum atomic E-state index is -0.422. The predicted molar refractivity (Wildman–Crippen MR) is 98.6 cm³/mol. The largest absolute Gasteiger partial charge is 0.332 e. The molecule has 3 rings (SSSR count). The number of halogens is 1. The zero-order valence-corrected chi connectivity index (χ0v) is 14.8. The van der Waals surface area contributed by atoms with Crippen LogP contribution in [0.2, 0.25) is 5.02 Å². The maximum atomic E-state index is 12.4. The maximum Gasteiger partial charge on any atom is 0.332 e. The lowest BCUT2D eigenvalue weighted by atomic mass is 10.2. The Bertz CT molecular complexity index is 1080. The molecular formula is C16H17ClN6O2. The molecular weight excluding hydrogens is 344 g/mol. The minimum Gasteiger partial charge on any atom is -0.303 e. The van der Waals surface area contributed by atoms with E-state index in [1.807, 2.05) is 19.1 Å². The lowest BCUT2D eigenvalue weighted by Gasteiger charge is -2.05. The molecule has 8 nitrogen and oxygen atoms in total. The molecule has 0 unspecified atom stereocenters. The number of aromatic nitrogens is 4. The Morgan fingerprint density at radius 1 is 1.20 bits per heavy atom. The second-order valence-electron chi connectivity index (χ2n) is 5.48. The zero-order valence-electron chi connectivity index (χ0n) is 14.0. The van der Waals surface area contributed by atoms with E-state index in [1.54, 1.807) is 30.0 Å². The van der Waals surface area contributed by atoms with Crippen LogP contribution in [0.15, 0.2) is 39.0 Å². The number of benzene rings is 1. The van der Waals surface area contributed by atoms with Crippen LogP contribution in [-0.2, 0) is 20.6 Å². The third-order valence-corrected chi connectivity index (χ3v) is 4.16. The van der Waals surface area contributed by atoms with E-state index in [4.69, 9.17) is 11.6 Å². The lowest BCUT2D eigenvalue weighted by Crippen LogP contribution is -2.37. The molecule has 25 heavy (non-hydrogen) atoms. The standard InChI is InChI=1S/C16H17ClN6O2/c1-4-23-12-13(21(2)16(25)22(3)14(12)24)19-15(23)20-18-9-10-5-7-11(17)8-6-10/h5-9H,4H2,1-3H3,(H,19,20). The van der Waals surface area contributed by atoms with Crippen LogP contribution in [-0.4, -0.2) is 24.9 Å². The van der Waals surface area contributed by atoms with Gasteiger partial charge in [0.1, 0.15) is 0 Å². The topological polar surface area (TPSA) is 86.2 Å². The first-order valence-corrected chi connectivity index (χ1v) is 8.02. The molecule has 0 aliphatic rings. The first-order chi connectivity index (χ1) is 11.9. The van der Waals surface area contributed by atoms with E-state index < -0.39 is 5.69 Å². The molecule has 130 valence electrons. The van der Waals surface area contributed by atoms with E-state index in [0.717, 1.165) is 10.1 Å². The van der Waals surface area contributed by atoms with Crippen LogP contribution in [0.5, 0.6) is 0 Å². The van der Waals surface area contributed by atoms with Crippen LogP contribution in [0.4, 0.5) is 5.95 Å². The number of anilines is 1. The van der Waals surface area contributed by atoms with Gasteiger partial charge in [0.2, 0.25) is 5.95 Å². The molecule has 3 aromatic rings. The molecule has 0 spiro atoms. The van der Waals surface area contributed by atoms with Crippen LogP contribution < -0.4 is 16.7 Å². The van der Waals surface area contributed by atoms with Gasteiger partial charge < -0.3 is 4.57 Å². The van der Waals surface area contributed by atoms with Crippen molar-refractivity contribution < 1.29 is 0 Å². The molecule has 0 aliphatic carbocycles. The van der Waals surface area contributed by atoms with E-state index in [1.165, 1.54) is 11.6 Å². The van der Waals surface area contributed by atoms with E-state index in [9.17, 15) is 9.59 Å². The highest BCUT2D eigenvalue weighted by atomic mass is 35.5. The van der Waals surface area contributed by atoms with Gasteiger partial charge in [-0.25, -0.2) is 10.2 Å². The zero-order chi connectivity index (χ0) is 18.1. The Hall–Kier alpha value is -2.87. The highest BCUT2D eigenvalue weighted by Crippen LogP contribution is 2.15. The van der Waals surface area contributed by atoms with Crippen molar-refractivity contribution in [2.75, 3.05) is 5.43 Å². The molecule has 0 saturated heterocycles. The molecule has 0 atom stereocenters. The lowest BCUT2D eigenvalue weighted by molar-refractivity contribution is 0.700. The third-order valence-electron chi connectivity index (χ3n) is 3.91. The quantitative estimate of drug-likeness (QED) is 0.565. The summed E-state index contributed by atoms with van der Waals surface area (Å²) in [6, 6.07) is 7.19. The van der Waals surface area contributed by atoms with Gasteiger partial charge in [-0.3, -0.25) is 13.9 Å². The van der Waals surface area contributed by atoms with Crippen molar-refractivity contribution in [1.82, 2.24) is 18.7 Å². The van der Waals surface area contributed by atoms with Gasteiger partial charge in [0.05, 0.1) is 6.21 Å². The predicted octanol–water partition coefficient (Wildman–Crippen LogP) is 1.55. The molecule has 9 heteroatoms. The van der Waals surface area contributed by atoms with E-state index in [-0.39, 0.29) is 5.56 Å². The fourth-order valence-corrected chi connectivity index (χ4v) is 2.68. The molecule has 1 N–H and O–H groups in total. The van der Waals surface area contributed by atoms with Gasteiger partial charge >= 0.3 is 5.69 Å². The van der Waals surface area contributed by atoms with E-state index in [2.05, 4.69) is 15.5 Å². The fourth-order valence-electron chi connectivity index (χ4n) is 2.55. The van der Waals surface area contributed by atoms with Gasteiger partial charge in [0.15, 0.2) is 11.2 Å². The summed E-state index contributed by atoms with van der Waals surface area (Å²) in [5.74, 6) is 0.390. The molecule has 0 aliphatic heterocycles. The fraction of sp³-hybridized carbons (Fsp3) is 0.250. The van der Waals surface area contributed by atoms with Gasteiger partial charge in [0, 0.05) is 25.7 Å². The molecule has 0 bridgehead atoms. The molecule has 0 fully saturated rings. The first-order valence-electron chi connectivity index (χ1n) is 7.65. The van der Waals surface area contributed by atoms with Gasteiger partial charge in [-0.05, 0) is 24.6 Å². The minimum absolute atomic E-state index is 0.319. The Labute approximate surface area is 148 Å². The first kappa shape index (κ1) is 17.0. The van der Waals surface area contributed by atoms with Gasteiger partial charge in [-0.15, -0.1) is 0 Å². The SMILES string of the molecule is CCn1c(NN=Cc2ccc(Cl)cc2)nc2c1c(=O)n(C)c(=O)n2C. The number of rotatable bonds is 4. The van der Waals surface area contributed by atoms with Crippen molar-refractivity contribution in [3.8, 4) is 0 Å². The van der Waals surface area contributed by atoms with E-state index >= 15 is 0 Å². The Morgan fingerprint density at radius 3 is 2.52 bits per heavy atom. The number of hydrogen-bond donors (Lipinski definition) is 1. The van der Waals surface area contributed by atoms with E-state index in [0.29, 0.717) is 28.7 Å². The van der Waals surface area contributed by atoms with Crippen molar-refractivity contribution in [2.45, 2.75) is 13.5 Å². The van der Waals surface area contributed by atoms with Crippen molar-refractivity contribution in [2.24, 2.45) is 19.2 Å². The number of nitrogens with one attached hydrogen (secondary N) is 1. The highest BCUT2D eigenvalue weighted by Gasteiger charge is 2.17. The Kier molecular flexibility index (Phi) is 4.45.